The Kier molecular flexibility index (Phi) is 4.97. The van der Waals surface area contributed by atoms with Gasteiger partial charge in [-0.2, -0.15) is 0 Å². The van der Waals surface area contributed by atoms with Gasteiger partial charge in [-0.1, -0.05) is 13.8 Å². The van der Waals surface area contributed by atoms with E-state index in [1.807, 2.05) is 25.7 Å². The van der Waals surface area contributed by atoms with Crippen molar-refractivity contribution in [2.75, 3.05) is 31.1 Å². The summed E-state index contributed by atoms with van der Waals surface area (Å²) in [6.45, 7) is 8.62. The second-order valence-electron chi connectivity index (χ2n) is 6.64. The van der Waals surface area contributed by atoms with E-state index < -0.39 is 0 Å². The van der Waals surface area contributed by atoms with Crippen LogP contribution < -0.4 is 4.90 Å². The molecule has 1 amide bonds. The molecule has 0 radical (unpaired) electrons. The van der Waals surface area contributed by atoms with Crippen LogP contribution in [0.5, 0.6) is 0 Å². The van der Waals surface area contributed by atoms with Gasteiger partial charge in [0.2, 0.25) is 0 Å². The summed E-state index contributed by atoms with van der Waals surface area (Å²) in [6, 6.07) is 6.47. The van der Waals surface area contributed by atoms with Crippen molar-refractivity contribution in [3.8, 4) is 0 Å². The number of halogens is 1. The van der Waals surface area contributed by atoms with Crippen molar-refractivity contribution in [2.24, 2.45) is 0 Å². The molecule has 25 heavy (non-hydrogen) atoms. The number of amides is 1. The smallest absolute Gasteiger partial charge is 0.257 e. The number of piperazine rings is 1. The van der Waals surface area contributed by atoms with Gasteiger partial charge in [-0.25, -0.2) is 14.4 Å². The maximum Gasteiger partial charge on any atom is 0.257 e. The predicted molar refractivity (Wildman–Crippen MR) is 95.4 cm³/mol. The first-order valence-electron chi connectivity index (χ1n) is 8.59. The third-order valence-electron chi connectivity index (χ3n) is 4.50. The largest absolute Gasteiger partial charge is 0.368 e. The van der Waals surface area contributed by atoms with Gasteiger partial charge in [0.1, 0.15) is 11.6 Å². The number of aromatic nitrogens is 2. The Labute approximate surface area is 147 Å². The van der Waals surface area contributed by atoms with Gasteiger partial charge in [0.05, 0.1) is 11.3 Å². The van der Waals surface area contributed by atoms with Gasteiger partial charge >= 0.3 is 0 Å². The first-order chi connectivity index (χ1) is 12.0. The van der Waals surface area contributed by atoms with E-state index in [4.69, 9.17) is 0 Å². The molecule has 3 rings (SSSR count). The molecule has 1 fully saturated rings. The fourth-order valence-electron chi connectivity index (χ4n) is 2.96. The fourth-order valence-corrected chi connectivity index (χ4v) is 2.96. The second kappa shape index (κ2) is 7.17. The summed E-state index contributed by atoms with van der Waals surface area (Å²) >= 11 is 0. The van der Waals surface area contributed by atoms with Crippen LogP contribution in [0.3, 0.4) is 0 Å². The Hall–Kier alpha value is -2.50. The van der Waals surface area contributed by atoms with Gasteiger partial charge in [-0.3, -0.25) is 4.79 Å². The number of hydrogen-bond acceptors (Lipinski definition) is 4. The molecule has 2 aromatic rings. The molecule has 1 aromatic carbocycles. The monoisotopic (exact) mass is 342 g/mol. The number of hydrogen-bond donors (Lipinski definition) is 0. The summed E-state index contributed by atoms with van der Waals surface area (Å²) in [5, 5.41) is 0. The Morgan fingerprint density at radius 2 is 1.76 bits per heavy atom. The first-order valence-corrected chi connectivity index (χ1v) is 8.59. The zero-order chi connectivity index (χ0) is 18.0. The number of benzene rings is 1. The summed E-state index contributed by atoms with van der Waals surface area (Å²) in [5.41, 5.74) is 2.28. The van der Waals surface area contributed by atoms with Gasteiger partial charge in [-0.05, 0) is 31.2 Å². The van der Waals surface area contributed by atoms with E-state index in [1.165, 1.54) is 12.1 Å². The highest BCUT2D eigenvalue weighted by Crippen LogP contribution is 2.19. The van der Waals surface area contributed by atoms with Crippen LogP contribution >= 0.6 is 0 Å². The van der Waals surface area contributed by atoms with Gasteiger partial charge in [-0.15, -0.1) is 0 Å². The molecule has 1 saturated heterocycles. The molecular formula is C19H23FN4O. The second-order valence-corrected chi connectivity index (χ2v) is 6.64. The summed E-state index contributed by atoms with van der Waals surface area (Å²) in [6.07, 6.45) is 1.65. The minimum Gasteiger partial charge on any atom is -0.368 e. The van der Waals surface area contributed by atoms with Gasteiger partial charge < -0.3 is 9.80 Å². The number of carbonyl (C=O) groups is 1. The molecule has 0 N–H and O–H groups in total. The third-order valence-corrected chi connectivity index (χ3v) is 4.50. The van der Waals surface area contributed by atoms with Crippen LogP contribution in [-0.2, 0) is 0 Å². The Morgan fingerprint density at radius 3 is 2.32 bits per heavy atom. The van der Waals surface area contributed by atoms with E-state index in [0.29, 0.717) is 18.7 Å². The minimum absolute atomic E-state index is 0.0217. The highest BCUT2D eigenvalue weighted by molar-refractivity contribution is 5.95. The lowest BCUT2D eigenvalue weighted by Gasteiger charge is -2.36. The molecule has 0 bridgehead atoms. The highest BCUT2D eigenvalue weighted by atomic mass is 19.1. The zero-order valence-corrected chi connectivity index (χ0v) is 14.9. The first kappa shape index (κ1) is 17.3. The van der Waals surface area contributed by atoms with Crippen molar-refractivity contribution in [1.82, 2.24) is 14.9 Å². The number of carbonyl (C=O) groups excluding carboxylic acids is 1. The third kappa shape index (κ3) is 3.78. The van der Waals surface area contributed by atoms with E-state index in [0.717, 1.165) is 30.3 Å². The van der Waals surface area contributed by atoms with Crippen molar-refractivity contribution in [3.05, 3.63) is 53.4 Å². The molecule has 1 aliphatic rings. The maximum absolute atomic E-state index is 13.0. The lowest BCUT2D eigenvalue weighted by Crippen LogP contribution is -2.49. The van der Waals surface area contributed by atoms with Crippen molar-refractivity contribution in [2.45, 2.75) is 26.7 Å². The zero-order valence-electron chi connectivity index (χ0n) is 14.9. The number of anilines is 1. The lowest BCUT2D eigenvalue weighted by atomic mass is 10.1. The molecule has 1 aromatic heterocycles. The quantitative estimate of drug-likeness (QED) is 0.860. The molecule has 0 aliphatic carbocycles. The van der Waals surface area contributed by atoms with Crippen LogP contribution in [0.1, 0.15) is 41.6 Å². The molecule has 0 saturated carbocycles. The van der Waals surface area contributed by atoms with Crippen molar-refractivity contribution < 1.29 is 9.18 Å². The normalized spacial score (nSPS) is 14.9. The van der Waals surface area contributed by atoms with E-state index in [9.17, 15) is 9.18 Å². The topological polar surface area (TPSA) is 49.3 Å². The van der Waals surface area contributed by atoms with Crippen LogP contribution in [0.15, 0.2) is 30.5 Å². The predicted octanol–water partition coefficient (Wildman–Crippen LogP) is 3.01. The van der Waals surface area contributed by atoms with Crippen LogP contribution in [0.2, 0.25) is 0 Å². The van der Waals surface area contributed by atoms with Gasteiger partial charge in [0.15, 0.2) is 0 Å². The fraction of sp³-hybridized carbons (Fsp3) is 0.421. The van der Waals surface area contributed by atoms with E-state index in [1.54, 1.807) is 18.3 Å². The molecule has 1 aliphatic heterocycles. The van der Waals surface area contributed by atoms with Crippen LogP contribution in [0.25, 0.3) is 0 Å². The maximum atomic E-state index is 13.0. The van der Waals surface area contributed by atoms with Crippen LogP contribution in [-0.4, -0.2) is 47.0 Å². The molecular weight excluding hydrogens is 319 g/mol. The van der Waals surface area contributed by atoms with E-state index >= 15 is 0 Å². The van der Waals surface area contributed by atoms with E-state index in [2.05, 4.69) is 14.9 Å². The molecule has 132 valence electrons. The summed E-state index contributed by atoms with van der Waals surface area (Å²) in [7, 11) is 0. The Bertz CT molecular complexity index is 753. The SMILES string of the molecule is Cc1nc(C(C)C)ncc1C(=O)N1CCN(c2ccc(F)cc2)CC1. The lowest BCUT2D eigenvalue weighted by molar-refractivity contribution is 0.0745. The van der Waals surface area contributed by atoms with E-state index in [-0.39, 0.29) is 17.6 Å². The molecule has 0 atom stereocenters. The van der Waals surface area contributed by atoms with Crippen LogP contribution in [0.4, 0.5) is 10.1 Å². The highest BCUT2D eigenvalue weighted by Gasteiger charge is 2.24. The Balaban J connectivity index is 1.66. The van der Waals surface area contributed by atoms with Crippen molar-refractivity contribution in [3.63, 3.8) is 0 Å². The molecule has 0 unspecified atom stereocenters. The van der Waals surface area contributed by atoms with Crippen molar-refractivity contribution in [1.29, 1.82) is 0 Å². The molecule has 0 spiro atoms. The van der Waals surface area contributed by atoms with Crippen molar-refractivity contribution >= 4 is 11.6 Å². The number of aryl methyl sites for hydroxylation is 1. The average Bonchev–Trinajstić information content (AvgIpc) is 2.62. The van der Waals surface area contributed by atoms with Gasteiger partial charge in [0.25, 0.3) is 5.91 Å². The molecule has 6 heteroatoms. The standard InChI is InChI=1S/C19H23FN4O/c1-13(2)18-21-12-17(14(3)22-18)19(25)24-10-8-23(9-11-24)16-6-4-15(20)5-7-16/h4-7,12-13H,8-11H2,1-3H3. The van der Waals surface area contributed by atoms with Crippen LogP contribution in [0, 0.1) is 12.7 Å². The van der Waals surface area contributed by atoms with Gasteiger partial charge in [0, 0.05) is 44.0 Å². The summed E-state index contributed by atoms with van der Waals surface area (Å²) < 4.78 is 13.0. The number of rotatable bonds is 3. The number of nitrogens with zero attached hydrogens (tertiary/aromatic N) is 4. The Morgan fingerprint density at radius 1 is 1.12 bits per heavy atom. The average molecular weight is 342 g/mol. The summed E-state index contributed by atoms with van der Waals surface area (Å²) in [4.78, 5) is 25.5. The molecule has 5 nitrogen and oxygen atoms in total. The minimum atomic E-state index is -0.238. The molecule has 2 heterocycles. The summed E-state index contributed by atoms with van der Waals surface area (Å²) in [5.74, 6) is 0.738.